The van der Waals surface area contributed by atoms with Gasteiger partial charge in [0, 0.05) is 17.4 Å². The quantitative estimate of drug-likeness (QED) is 0.542. The molecule has 0 saturated heterocycles. The van der Waals surface area contributed by atoms with Crippen LogP contribution in [0.25, 0.3) is 0 Å². The lowest BCUT2D eigenvalue weighted by molar-refractivity contribution is -0.204. The fourth-order valence-electron chi connectivity index (χ4n) is 8.69. The molecule has 170 valence electrons. The highest BCUT2D eigenvalue weighted by atomic mass is 16.5. The summed E-state index contributed by atoms with van der Waals surface area (Å²) in [6.07, 6.45) is 8.72. The van der Waals surface area contributed by atoms with Gasteiger partial charge in [-0.2, -0.15) is 0 Å². The number of hydrogen-bond donors (Lipinski definition) is 1. The Kier molecular flexibility index (Phi) is 4.50. The van der Waals surface area contributed by atoms with Gasteiger partial charge in [0.1, 0.15) is 17.1 Å². The molecular formula is C28H40O3. The summed E-state index contributed by atoms with van der Waals surface area (Å²) in [6, 6.07) is 4.29. The first kappa shape index (κ1) is 21.4. The molecule has 2 saturated carbocycles. The summed E-state index contributed by atoms with van der Waals surface area (Å²) in [5.41, 5.74) is 3.87. The van der Waals surface area contributed by atoms with E-state index < -0.39 is 0 Å². The van der Waals surface area contributed by atoms with Crippen LogP contribution in [0.5, 0.6) is 11.5 Å². The lowest BCUT2D eigenvalue weighted by Gasteiger charge is -2.67. The molecule has 1 spiro atoms. The maximum Gasteiger partial charge on any atom is 0.139 e. The Morgan fingerprint density at radius 1 is 1.03 bits per heavy atom. The Morgan fingerprint density at radius 3 is 2.48 bits per heavy atom. The lowest BCUT2D eigenvalue weighted by Crippen LogP contribution is -2.66. The third-order valence-corrected chi connectivity index (χ3v) is 10.5. The second-order valence-electron chi connectivity index (χ2n) is 12.1. The van der Waals surface area contributed by atoms with Gasteiger partial charge in [0.05, 0.1) is 13.2 Å². The van der Waals surface area contributed by atoms with Crippen LogP contribution >= 0.6 is 0 Å². The molecule has 0 unspecified atom stereocenters. The highest BCUT2D eigenvalue weighted by Gasteiger charge is 2.68. The van der Waals surface area contributed by atoms with E-state index in [2.05, 4.69) is 59.8 Å². The molecule has 1 aromatic rings. The molecule has 0 radical (unpaired) electrons. The second kappa shape index (κ2) is 6.53. The van der Waals surface area contributed by atoms with Crippen molar-refractivity contribution in [1.29, 1.82) is 0 Å². The third-order valence-electron chi connectivity index (χ3n) is 10.5. The van der Waals surface area contributed by atoms with Gasteiger partial charge in [0.25, 0.3) is 0 Å². The molecule has 4 aliphatic rings. The molecule has 3 aliphatic carbocycles. The highest BCUT2D eigenvalue weighted by Crippen LogP contribution is 2.71. The summed E-state index contributed by atoms with van der Waals surface area (Å²) in [5.74, 6) is 3.11. The van der Waals surface area contributed by atoms with Gasteiger partial charge < -0.3 is 14.6 Å². The average Bonchev–Trinajstić information content (AvgIpc) is 3.11. The van der Waals surface area contributed by atoms with Gasteiger partial charge in [-0.05, 0) is 91.9 Å². The molecule has 1 aromatic carbocycles. The van der Waals surface area contributed by atoms with Crippen molar-refractivity contribution in [1.82, 2.24) is 0 Å². The molecule has 0 amide bonds. The number of aliphatic hydroxyl groups is 1. The minimum atomic E-state index is -0.274. The summed E-state index contributed by atoms with van der Waals surface area (Å²) >= 11 is 0. The van der Waals surface area contributed by atoms with Crippen molar-refractivity contribution >= 4 is 0 Å². The van der Waals surface area contributed by atoms with Gasteiger partial charge in [-0.3, -0.25) is 0 Å². The van der Waals surface area contributed by atoms with Crippen molar-refractivity contribution in [3.8, 4) is 11.5 Å². The molecule has 1 heterocycles. The summed E-state index contributed by atoms with van der Waals surface area (Å²) in [5, 5.41) is 10.8. The van der Waals surface area contributed by atoms with E-state index in [0.717, 1.165) is 43.6 Å². The first-order valence-electron chi connectivity index (χ1n) is 12.2. The summed E-state index contributed by atoms with van der Waals surface area (Å²) < 4.78 is 12.7. The molecule has 0 aromatic heterocycles. The van der Waals surface area contributed by atoms with E-state index in [4.69, 9.17) is 9.47 Å². The number of ether oxygens (including phenoxy) is 2. The van der Waals surface area contributed by atoms with Crippen LogP contribution in [0.4, 0.5) is 0 Å². The van der Waals surface area contributed by atoms with Crippen molar-refractivity contribution in [2.75, 3.05) is 7.11 Å². The normalized spacial score (nSPS) is 42.8. The minimum Gasteiger partial charge on any atom is -0.497 e. The molecule has 6 atom stereocenters. The number of hydrogen-bond acceptors (Lipinski definition) is 3. The molecule has 3 heteroatoms. The van der Waals surface area contributed by atoms with Crippen LogP contribution in [0, 0.1) is 35.0 Å². The predicted octanol–water partition coefficient (Wildman–Crippen LogP) is 6.25. The number of aryl methyl sites for hydroxylation is 1. The largest absolute Gasteiger partial charge is 0.497 e. The number of rotatable bonds is 1. The van der Waals surface area contributed by atoms with E-state index in [9.17, 15) is 5.11 Å². The monoisotopic (exact) mass is 424 g/mol. The summed E-state index contributed by atoms with van der Waals surface area (Å²) in [4.78, 5) is 0. The van der Waals surface area contributed by atoms with Crippen molar-refractivity contribution < 1.29 is 14.6 Å². The van der Waals surface area contributed by atoms with Gasteiger partial charge in [-0.15, -0.1) is 0 Å². The van der Waals surface area contributed by atoms with Gasteiger partial charge in [0.2, 0.25) is 0 Å². The van der Waals surface area contributed by atoms with Crippen molar-refractivity contribution in [2.45, 2.75) is 91.8 Å². The second-order valence-corrected chi connectivity index (χ2v) is 12.1. The van der Waals surface area contributed by atoms with Crippen molar-refractivity contribution in [3.05, 3.63) is 34.9 Å². The molecular weight excluding hydrogens is 384 g/mol. The van der Waals surface area contributed by atoms with Gasteiger partial charge in [-0.25, -0.2) is 0 Å². The zero-order chi connectivity index (χ0) is 22.4. The minimum absolute atomic E-state index is 0.0266. The molecule has 0 bridgehead atoms. The van der Waals surface area contributed by atoms with Gasteiger partial charge in [0.15, 0.2) is 0 Å². The summed E-state index contributed by atoms with van der Waals surface area (Å²) in [7, 11) is 1.75. The van der Waals surface area contributed by atoms with Crippen LogP contribution < -0.4 is 9.47 Å². The summed E-state index contributed by atoms with van der Waals surface area (Å²) in [6.45, 7) is 14.1. The number of allylic oxidation sites excluding steroid dienone is 1. The van der Waals surface area contributed by atoms with E-state index in [1.165, 1.54) is 23.1 Å². The molecule has 1 N–H and O–H groups in total. The fourth-order valence-corrected chi connectivity index (χ4v) is 8.69. The maximum atomic E-state index is 10.8. The Balaban J connectivity index is 1.61. The van der Waals surface area contributed by atoms with Crippen molar-refractivity contribution in [2.24, 2.45) is 28.1 Å². The van der Waals surface area contributed by atoms with Crippen LogP contribution in [0.3, 0.4) is 0 Å². The first-order chi connectivity index (χ1) is 14.5. The van der Waals surface area contributed by atoms with Crippen molar-refractivity contribution in [3.63, 3.8) is 0 Å². The van der Waals surface area contributed by atoms with E-state index in [0.29, 0.717) is 11.8 Å². The molecule has 3 nitrogen and oxygen atoms in total. The smallest absolute Gasteiger partial charge is 0.139 e. The number of fused-ring (bicyclic) bond motifs is 5. The predicted molar refractivity (Wildman–Crippen MR) is 125 cm³/mol. The average molecular weight is 425 g/mol. The SMILES string of the molecule is COc1cc(C)c2c(c1)C[C@]1(O2)C(C)=CC[C@@H]2[C@@]3(C)CC[C@H](O)C(C)(C)[C@@H]3CC[C@]21C. The molecule has 1 aliphatic heterocycles. The maximum absolute atomic E-state index is 10.8. The lowest BCUT2D eigenvalue weighted by atomic mass is 9.38. The first-order valence-corrected chi connectivity index (χ1v) is 12.2. The van der Waals surface area contributed by atoms with E-state index in [-0.39, 0.29) is 27.9 Å². The Labute approximate surface area is 188 Å². The molecule has 5 rings (SSSR count). The Bertz CT molecular complexity index is 946. The van der Waals surface area contributed by atoms with Crippen LogP contribution in [0.15, 0.2) is 23.8 Å². The van der Waals surface area contributed by atoms with E-state index in [1.54, 1.807) is 7.11 Å². The van der Waals surface area contributed by atoms with E-state index in [1.807, 2.05) is 0 Å². The highest BCUT2D eigenvalue weighted by molar-refractivity contribution is 5.53. The van der Waals surface area contributed by atoms with Gasteiger partial charge >= 0.3 is 0 Å². The Morgan fingerprint density at radius 2 is 1.77 bits per heavy atom. The standard InChI is InChI=1S/C28H40O3/c1-17-14-20(30-7)15-19-16-28(31-24(17)19)18(2)8-9-22-26(5)12-11-23(29)25(3,4)21(26)10-13-27(22,28)6/h8,14-15,21-23,29H,9-13,16H2,1-7H3/t21-,22+,23-,26-,27+,28-/m0/s1. The molecule has 31 heavy (non-hydrogen) atoms. The fraction of sp³-hybridized carbons (Fsp3) is 0.714. The number of methoxy groups -OCH3 is 1. The van der Waals surface area contributed by atoms with E-state index >= 15 is 0 Å². The van der Waals surface area contributed by atoms with Gasteiger partial charge in [-0.1, -0.05) is 33.8 Å². The third kappa shape index (κ3) is 2.56. The molecule has 2 fully saturated rings. The van der Waals surface area contributed by atoms with Crippen LogP contribution in [-0.4, -0.2) is 23.9 Å². The Hall–Kier alpha value is -1.48. The number of benzene rings is 1. The zero-order valence-corrected chi connectivity index (χ0v) is 20.5. The topological polar surface area (TPSA) is 38.7 Å². The zero-order valence-electron chi connectivity index (χ0n) is 20.5. The van der Waals surface area contributed by atoms with Crippen LogP contribution in [0.1, 0.15) is 77.8 Å². The van der Waals surface area contributed by atoms with Crippen LogP contribution in [0.2, 0.25) is 0 Å². The van der Waals surface area contributed by atoms with Crippen LogP contribution in [-0.2, 0) is 6.42 Å². The number of aliphatic hydroxyl groups excluding tert-OH is 1.